The summed E-state index contributed by atoms with van der Waals surface area (Å²) in [5, 5.41) is 0.647. The molecule has 2 saturated heterocycles. The highest BCUT2D eigenvalue weighted by Crippen LogP contribution is 2.46. The van der Waals surface area contributed by atoms with Gasteiger partial charge in [-0.15, -0.1) is 11.8 Å². The first-order valence-electron chi connectivity index (χ1n) is 26.7. The zero-order chi connectivity index (χ0) is 55.8. The van der Waals surface area contributed by atoms with Gasteiger partial charge in [0.2, 0.25) is 0 Å². The van der Waals surface area contributed by atoms with E-state index in [0.717, 1.165) is 65.8 Å². The zero-order valence-corrected chi connectivity index (χ0v) is 49.6. The monoisotopic (exact) mass is 1150 g/mol. The molecule has 0 bridgehead atoms. The molecule has 2 heterocycles. The molecule has 5 aromatic carbocycles. The summed E-state index contributed by atoms with van der Waals surface area (Å²) in [7, 11) is -12.9. The van der Waals surface area contributed by atoms with E-state index in [1.165, 1.54) is 17.8 Å². The molecule has 1 unspecified atom stereocenters. The highest BCUT2D eigenvalue weighted by Gasteiger charge is 2.48. The second kappa shape index (κ2) is 26.0. The van der Waals surface area contributed by atoms with Gasteiger partial charge in [-0.3, -0.25) is 9.69 Å². The van der Waals surface area contributed by atoms with Gasteiger partial charge in [0, 0.05) is 59.6 Å². The maximum absolute atomic E-state index is 14.5. The number of sulfone groups is 2. The van der Waals surface area contributed by atoms with Crippen LogP contribution in [0.3, 0.4) is 0 Å². The van der Waals surface area contributed by atoms with Gasteiger partial charge in [0.15, 0.2) is 23.9 Å². The van der Waals surface area contributed by atoms with Crippen molar-refractivity contribution in [3.63, 3.8) is 0 Å². The van der Waals surface area contributed by atoms with Crippen LogP contribution in [0.5, 0.6) is 0 Å². The molecule has 2 fully saturated rings. The van der Waals surface area contributed by atoms with Crippen molar-refractivity contribution in [1.29, 1.82) is 0 Å². The van der Waals surface area contributed by atoms with Crippen molar-refractivity contribution in [3.8, 4) is 11.1 Å². The van der Waals surface area contributed by atoms with Gasteiger partial charge in [-0.2, -0.15) is 13.2 Å². The van der Waals surface area contributed by atoms with Crippen molar-refractivity contribution in [2.45, 2.75) is 111 Å². The minimum absolute atomic E-state index is 0.00324. The number of ketones is 1. The van der Waals surface area contributed by atoms with Gasteiger partial charge in [0.25, 0.3) is 9.84 Å². The summed E-state index contributed by atoms with van der Waals surface area (Å²) in [4.78, 5) is 19.7. The lowest BCUT2D eigenvalue weighted by Gasteiger charge is -2.44. The van der Waals surface area contributed by atoms with Gasteiger partial charge in [0.1, 0.15) is 5.75 Å². The van der Waals surface area contributed by atoms with Crippen LogP contribution in [0.1, 0.15) is 81.5 Å². The summed E-state index contributed by atoms with van der Waals surface area (Å²) in [6.45, 7) is 22.0. The topological polar surface area (TPSA) is 114 Å². The fourth-order valence-corrected chi connectivity index (χ4v) is 14.8. The van der Waals surface area contributed by atoms with Crippen molar-refractivity contribution in [2.24, 2.45) is 11.8 Å². The van der Waals surface area contributed by atoms with Crippen molar-refractivity contribution < 1.29 is 44.0 Å². The number of rotatable bonds is 23. The summed E-state index contributed by atoms with van der Waals surface area (Å²) in [5.74, 6) is -1.45. The van der Waals surface area contributed by atoms with Crippen LogP contribution in [-0.2, 0) is 35.3 Å². The Morgan fingerprint density at radius 2 is 1.51 bits per heavy atom. The number of carbonyl (C=O) groups is 1. The molecule has 2 aliphatic heterocycles. The molecule has 0 amide bonds. The average molecular weight is 1150 g/mol. The van der Waals surface area contributed by atoms with Gasteiger partial charge < -0.3 is 19.0 Å². The molecule has 0 saturated carbocycles. The Labute approximate surface area is 466 Å². The summed E-state index contributed by atoms with van der Waals surface area (Å²) in [6, 6.07) is 35.4. The van der Waals surface area contributed by atoms with E-state index >= 15 is 0 Å². The predicted molar refractivity (Wildman–Crippen MR) is 308 cm³/mol. The number of morpholine rings is 1. The molecule has 77 heavy (non-hydrogen) atoms. The predicted octanol–water partition coefficient (Wildman–Crippen LogP) is 13.3. The van der Waals surface area contributed by atoms with E-state index in [0.29, 0.717) is 62.6 Å². The number of piperidine rings is 1. The molecular formula is C59H75ClF3N3O7S3Si. The third-order valence-corrected chi connectivity index (χ3v) is 24.8. The molecular weight excluding hydrogens is 1080 g/mol. The summed E-state index contributed by atoms with van der Waals surface area (Å²) >= 11 is 7.81. The van der Waals surface area contributed by atoms with E-state index < -0.39 is 54.8 Å². The number of hydrogen-bond acceptors (Lipinski definition) is 11. The van der Waals surface area contributed by atoms with Crippen molar-refractivity contribution in [2.75, 3.05) is 75.4 Å². The van der Waals surface area contributed by atoms with Gasteiger partial charge in [-0.25, -0.2) is 16.8 Å². The smallest absolute Gasteiger partial charge is 0.410 e. The van der Waals surface area contributed by atoms with Crippen LogP contribution in [-0.4, -0.2) is 123 Å². The summed E-state index contributed by atoms with van der Waals surface area (Å²) in [5.41, 5.74) is -1.57. The molecule has 7 rings (SSSR count). The first-order chi connectivity index (χ1) is 36.4. The average Bonchev–Trinajstić information content (AvgIpc) is 3.41. The molecule has 3 atom stereocenters. The Morgan fingerprint density at radius 1 is 0.857 bits per heavy atom. The second-order valence-electron chi connectivity index (χ2n) is 21.9. The molecule has 0 aromatic heterocycles. The Hall–Kier alpha value is -4.04. The fraction of sp³-hybridized carbons (Fsp3) is 0.475. The Kier molecular flexibility index (Phi) is 20.5. The molecule has 5 aromatic rings. The van der Waals surface area contributed by atoms with Crippen LogP contribution in [0.4, 0.5) is 18.9 Å². The Bertz CT molecular complexity index is 2970. The van der Waals surface area contributed by atoms with Crippen LogP contribution in [0.25, 0.3) is 11.1 Å². The standard InChI is InChI=1S/C59H75ClF3N3O7S3Si/c1-8-64(9-2)39-50-40-65(35-36-72-50)32-29-43(41-74-51-15-11-10-12-16-51)37-47-23-28-52(38-56(47)76(70,71)59(61,62)63)75(68,69)42-55(67)45-21-26-49(27-22-45)66-33-30-46(31-34-66)57(73-77(6,7)58(3,4)5)54-18-14-13-17-53(54)44-19-24-48(60)25-20-44/h10-28,38,43,46,50,57H,8-9,29-37,39-42H2,1-7H3/t43-,50?,57+/m0/s1. The van der Waals surface area contributed by atoms with E-state index in [4.69, 9.17) is 20.8 Å². The van der Waals surface area contributed by atoms with Crippen molar-refractivity contribution in [3.05, 3.63) is 143 Å². The minimum Gasteiger partial charge on any atom is -0.410 e. The lowest BCUT2D eigenvalue weighted by atomic mass is 9.84. The van der Waals surface area contributed by atoms with Gasteiger partial charge >= 0.3 is 5.51 Å². The largest absolute Gasteiger partial charge is 0.501 e. The minimum atomic E-state index is -6.01. The number of Topliss-reactive ketones (excluding diaryl/α,β-unsaturated/α-hetero) is 1. The van der Waals surface area contributed by atoms with Crippen molar-refractivity contribution in [1.82, 2.24) is 9.80 Å². The van der Waals surface area contributed by atoms with E-state index in [9.17, 15) is 34.8 Å². The number of halogens is 4. The van der Waals surface area contributed by atoms with Crippen LogP contribution in [0.15, 0.2) is 136 Å². The second-order valence-corrected chi connectivity index (χ2v) is 32.1. The maximum Gasteiger partial charge on any atom is 0.501 e. The number of carbonyl (C=O) groups excluding carboxylic acids is 1. The Balaban J connectivity index is 1.05. The fourth-order valence-electron chi connectivity index (χ4n) is 9.99. The van der Waals surface area contributed by atoms with E-state index in [2.05, 4.69) is 80.6 Å². The normalized spacial score (nSPS) is 17.4. The lowest BCUT2D eigenvalue weighted by molar-refractivity contribution is -0.0436. The molecule has 0 spiro atoms. The highest BCUT2D eigenvalue weighted by atomic mass is 35.5. The van der Waals surface area contributed by atoms with Crippen LogP contribution >= 0.6 is 23.4 Å². The molecule has 18 heteroatoms. The van der Waals surface area contributed by atoms with Crippen LogP contribution in [0.2, 0.25) is 23.2 Å². The molecule has 0 radical (unpaired) electrons. The molecule has 0 aliphatic carbocycles. The van der Waals surface area contributed by atoms with Crippen LogP contribution < -0.4 is 4.90 Å². The molecule has 0 N–H and O–H groups in total. The van der Waals surface area contributed by atoms with Crippen molar-refractivity contribution >= 4 is 62.8 Å². The third-order valence-electron chi connectivity index (χ3n) is 15.7. The number of thioether (sulfide) groups is 1. The first kappa shape index (κ1) is 60.6. The van der Waals surface area contributed by atoms with E-state index in [1.807, 2.05) is 60.7 Å². The Morgan fingerprint density at radius 3 is 2.14 bits per heavy atom. The number of alkyl halides is 3. The first-order valence-corrected chi connectivity index (χ1v) is 34.1. The SMILES string of the molecule is CCN(CC)CC1CN(CC[C@H](CSc2ccccc2)Cc2ccc(S(=O)(=O)CC(=O)c3ccc(N4CCC([C@@H](O[Si](C)(C)C(C)(C)C)c5ccccc5-c5ccc(Cl)cc5)CC4)cc3)cc2S(=O)(=O)C(F)(F)F)CCO1. The summed E-state index contributed by atoms with van der Waals surface area (Å²) in [6.07, 6.45) is 2.00. The highest BCUT2D eigenvalue weighted by molar-refractivity contribution is 7.99. The summed E-state index contributed by atoms with van der Waals surface area (Å²) < 4.78 is 111. The molecule has 10 nitrogen and oxygen atoms in total. The van der Waals surface area contributed by atoms with E-state index in [-0.39, 0.29) is 46.6 Å². The zero-order valence-electron chi connectivity index (χ0n) is 45.4. The lowest BCUT2D eigenvalue weighted by Crippen LogP contribution is -2.48. The number of ether oxygens (including phenoxy) is 1. The number of anilines is 1. The van der Waals surface area contributed by atoms with E-state index in [1.54, 1.807) is 24.3 Å². The molecule has 2 aliphatic rings. The van der Waals surface area contributed by atoms with Gasteiger partial charge in [0.05, 0.1) is 28.6 Å². The van der Waals surface area contributed by atoms with Gasteiger partial charge in [-0.05, 0) is 158 Å². The number of hydrogen-bond donors (Lipinski definition) is 0. The molecule has 418 valence electrons. The number of likely N-dealkylation sites (N-methyl/N-ethyl adjacent to an activating group) is 1. The third kappa shape index (κ3) is 15.7. The van der Waals surface area contributed by atoms with Gasteiger partial charge in [-0.1, -0.05) is 107 Å². The quantitative estimate of drug-likeness (QED) is 0.0354. The number of nitrogens with zero attached hydrogens (tertiary/aromatic N) is 3. The van der Waals surface area contributed by atoms with Crippen LogP contribution in [0, 0.1) is 11.8 Å². The number of benzene rings is 5. The maximum atomic E-state index is 14.5.